The average molecular weight is 309 g/mol. The minimum Gasteiger partial charge on any atom is -0.313 e. The normalized spacial score (nSPS) is 12.8. The van der Waals surface area contributed by atoms with Crippen LogP contribution >= 0.6 is 27.5 Å². The molecule has 0 saturated carbocycles. The minimum absolute atomic E-state index is 0.0329. The maximum Gasteiger partial charge on any atom is 0.147 e. The van der Waals surface area contributed by atoms with Crippen LogP contribution in [-0.4, -0.2) is 7.05 Å². The summed E-state index contributed by atoms with van der Waals surface area (Å²) in [6.07, 6.45) is 3.09. The van der Waals surface area contributed by atoms with Gasteiger partial charge < -0.3 is 5.32 Å². The smallest absolute Gasteiger partial charge is 0.147 e. The van der Waals surface area contributed by atoms with E-state index in [1.165, 1.54) is 0 Å². The van der Waals surface area contributed by atoms with E-state index in [4.69, 9.17) is 11.6 Å². The van der Waals surface area contributed by atoms with Crippen LogP contribution in [0.5, 0.6) is 0 Å². The van der Waals surface area contributed by atoms with Gasteiger partial charge >= 0.3 is 0 Å². The third-order valence-electron chi connectivity index (χ3n) is 2.64. The van der Waals surface area contributed by atoms with Crippen LogP contribution in [0.15, 0.2) is 16.6 Å². The van der Waals surface area contributed by atoms with E-state index in [1.54, 1.807) is 12.1 Å². The van der Waals surface area contributed by atoms with Crippen LogP contribution < -0.4 is 5.32 Å². The minimum atomic E-state index is -0.327. The first kappa shape index (κ1) is 13.9. The number of unbranched alkanes of at least 4 members (excludes halogenated alkanes) is 1. The highest BCUT2D eigenvalue weighted by Gasteiger charge is 2.17. The van der Waals surface area contributed by atoms with E-state index < -0.39 is 0 Å². The Kier molecular flexibility index (Phi) is 5.73. The maximum atomic E-state index is 13.9. The van der Waals surface area contributed by atoms with Gasteiger partial charge in [0.25, 0.3) is 0 Å². The van der Waals surface area contributed by atoms with Gasteiger partial charge in [0.2, 0.25) is 0 Å². The zero-order valence-corrected chi connectivity index (χ0v) is 11.8. The van der Waals surface area contributed by atoms with Crippen molar-refractivity contribution in [3.05, 3.63) is 33.0 Å². The molecule has 1 atom stereocenters. The summed E-state index contributed by atoms with van der Waals surface area (Å²) < 4.78 is 14.5. The Balaban J connectivity index is 2.96. The van der Waals surface area contributed by atoms with Gasteiger partial charge in [-0.15, -0.1) is 0 Å². The van der Waals surface area contributed by atoms with Gasteiger partial charge in [0.05, 0.1) is 5.02 Å². The monoisotopic (exact) mass is 307 g/mol. The van der Waals surface area contributed by atoms with Crippen molar-refractivity contribution in [1.29, 1.82) is 0 Å². The molecule has 0 saturated heterocycles. The lowest BCUT2D eigenvalue weighted by Crippen LogP contribution is -2.17. The summed E-state index contributed by atoms with van der Waals surface area (Å²) in [6, 6.07) is 3.60. The highest BCUT2D eigenvalue weighted by Crippen LogP contribution is 2.31. The molecule has 1 aromatic carbocycles. The first-order valence-corrected chi connectivity index (χ1v) is 6.59. The van der Waals surface area contributed by atoms with E-state index in [-0.39, 0.29) is 16.9 Å². The maximum absolute atomic E-state index is 13.9. The fourth-order valence-corrected chi connectivity index (χ4v) is 2.15. The average Bonchev–Trinajstić information content (AvgIpc) is 2.29. The molecule has 0 fully saturated rings. The number of rotatable bonds is 5. The van der Waals surface area contributed by atoms with Crippen LogP contribution in [0.4, 0.5) is 4.39 Å². The Morgan fingerprint density at radius 3 is 2.75 bits per heavy atom. The van der Waals surface area contributed by atoms with Crippen molar-refractivity contribution in [2.24, 2.45) is 0 Å². The standard InChI is InChI=1S/C12H16BrClFN/c1-3-4-5-10(16-2)8-6-7-9(13)11(14)12(8)15/h6-7,10,16H,3-5H2,1-2H3. The van der Waals surface area contributed by atoms with Crippen molar-refractivity contribution in [1.82, 2.24) is 5.32 Å². The molecule has 0 radical (unpaired) electrons. The number of hydrogen-bond donors (Lipinski definition) is 1. The highest BCUT2D eigenvalue weighted by molar-refractivity contribution is 9.10. The summed E-state index contributed by atoms with van der Waals surface area (Å²) in [5.41, 5.74) is 0.643. The number of halogens is 3. The predicted molar refractivity (Wildman–Crippen MR) is 70.4 cm³/mol. The summed E-state index contributed by atoms with van der Waals surface area (Å²) in [4.78, 5) is 0. The third-order valence-corrected chi connectivity index (χ3v) is 3.89. The van der Waals surface area contributed by atoms with E-state index in [1.807, 2.05) is 7.05 Å². The zero-order valence-electron chi connectivity index (χ0n) is 9.49. The Morgan fingerprint density at radius 2 is 2.19 bits per heavy atom. The summed E-state index contributed by atoms with van der Waals surface area (Å²) >= 11 is 9.08. The van der Waals surface area contributed by atoms with E-state index in [0.29, 0.717) is 10.0 Å². The lowest BCUT2D eigenvalue weighted by molar-refractivity contribution is 0.491. The fraction of sp³-hybridized carbons (Fsp3) is 0.500. The molecule has 16 heavy (non-hydrogen) atoms. The quantitative estimate of drug-likeness (QED) is 0.778. The second-order valence-electron chi connectivity index (χ2n) is 3.75. The van der Waals surface area contributed by atoms with E-state index in [2.05, 4.69) is 28.2 Å². The molecule has 0 aliphatic carbocycles. The Hall–Kier alpha value is -0.120. The molecule has 0 aliphatic rings. The molecule has 0 aliphatic heterocycles. The Bertz CT molecular complexity index is 357. The third kappa shape index (κ3) is 3.19. The van der Waals surface area contributed by atoms with Crippen LogP contribution in [0.3, 0.4) is 0 Å². The predicted octanol–water partition coefficient (Wildman–Crippen LogP) is 4.69. The molecule has 1 nitrogen and oxygen atoms in total. The van der Waals surface area contributed by atoms with Gasteiger partial charge in [-0.05, 0) is 35.5 Å². The molecular formula is C12H16BrClFN. The first-order chi connectivity index (χ1) is 7.61. The van der Waals surface area contributed by atoms with Gasteiger partial charge in [-0.1, -0.05) is 37.4 Å². The molecule has 0 spiro atoms. The Labute approximate surface area is 110 Å². The molecule has 4 heteroatoms. The summed E-state index contributed by atoms with van der Waals surface area (Å²) in [7, 11) is 1.84. The number of benzene rings is 1. The van der Waals surface area contributed by atoms with Gasteiger partial charge in [-0.3, -0.25) is 0 Å². The first-order valence-electron chi connectivity index (χ1n) is 5.42. The van der Waals surface area contributed by atoms with Crippen LogP contribution in [0.25, 0.3) is 0 Å². The molecule has 1 aromatic rings. The van der Waals surface area contributed by atoms with Crippen LogP contribution in [-0.2, 0) is 0 Å². The second kappa shape index (κ2) is 6.58. The van der Waals surface area contributed by atoms with Crippen molar-refractivity contribution < 1.29 is 4.39 Å². The largest absolute Gasteiger partial charge is 0.313 e. The molecule has 1 N–H and O–H groups in total. The van der Waals surface area contributed by atoms with Crippen molar-refractivity contribution in [3.63, 3.8) is 0 Å². The van der Waals surface area contributed by atoms with Crippen LogP contribution in [0.1, 0.15) is 37.8 Å². The lowest BCUT2D eigenvalue weighted by Gasteiger charge is -2.17. The SMILES string of the molecule is CCCCC(NC)c1ccc(Br)c(Cl)c1F. The fourth-order valence-electron chi connectivity index (χ4n) is 1.67. The zero-order chi connectivity index (χ0) is 12.1. The molecule has 0 aromatic heterocycles. The van der Waals surface area contributed by atoms with Crippen molar-refractivity contribution >= 4 is 27.5 Å². The molecule has 0 bridgehead atoms. The number of nitrogens with one attached hydrogen (secondary N) is 1. The lowest BCUT2D eigenvalue weighted by atomic mass is 10.0. The van der Waals surface area contributed by atoms with E-state index in [0.717, 1.165) is 19.3 Å². The van der Waals surface area contributed by atoms with Crippen LogP contribution in [0.2, 0.25) is 5.02 Å². The van der Waals surface area contributed by atoms with Gasteiger partial charge in [-0.25, -0.2) is 4.39 Å². The van der Waals surface area contributed by atoms with Gasteiger partial charge in [-0.2, -0.15) is 0 Å². The van der Waals surface area contributed by atoms with E-state index >= 15 is 0 Å². The van der Waals surface area contributed by atoms with Crippen LogP contribution in [0, 0.1) is 5.82 Å². The Morgan fingerprint density at radius 1 is 1.50 bits per heavy atom. The topological polar surface area (TPSA) is 12.0 Å². The summed E-state index contributed by atoms with van der Waals surface area (Å²) in [5.74, 6) is -0.327. The molecule has 0 heterocycles. The molecule has 1 unspecified atom stereocenters. The molecule has 90 valence electrons. The van der Waals surface area contributed by atoms with Gasteiger partial charge in [0.1, 0.15) is 5.82 Å². The van der Waals surface area contributed by atoms with E-state index in [9.17, 15) is 4.39 Å². The molecule has 1 rings (SSSR count). The van der Waals surface area contributed by atoms with Crippen molar-refractivity contribution in [2.75, 3.05) is 7.05 Å². The number of hydrogen-bond acceptors (Lipinski definition) is 1. The highest BCUT2D eigenvalue weighted by atomic mass is 79.9. The summed E-state index contributed by atoms with van der Waals surface area (Å²) in [6.45, 7) is 2.12. The summed E-state index contributed by atoms with van der Waals surface area (Å²) in [5, 5.41) is 3.29. The van der Waals surface area contributed by atoms with Crippen molar-refractivity contribution in [3.8, 4) is 0 Å². The van der Waals surface area contributed by atoms with Crippen molar-refractivity contribution in [2.45, 2.75) is 32.2 Å². The van der Waals surface area contributed by atoms with Gasteiger partial charge in [0, 0.05) is 16.1 Å². The molecular weight excluding hydrogens is 292 g/mol. The molecule has 0 amide bonds. The second-order valence-corrected chi connectivity index (χ2v) is 4.98. The van der Waals surface area contributed by atoms with Gasteiger partial charge in [0.15, 0.2) is 0 Å².